The Morgan fingerprint density at radius 2 is 1.62 bits per heavy atom. The van der Waals surface area contributed by atoms with Crippen LogP contribution in [0.5, 0.6) is 0 Å². The molecule has 0 N–H and O–H groups in total. The number of fused-ring (bicyclic) bond motifs is 1. The van der Waals surface area contributed by atoms with Crippen molar-refractivity contribution in [2.24, 2.45) is 0 Å². The first-order chi connectivity index (χ1) is 15.6. The number of carbonyl (C=O) groups excluding carboxylic acids is 1. The number of hydrogen-bond donors (Lipinski definition) is 0. The lowest BCUT2D eigenvalue weighted by Gasteiger charge is -2.21. The molecule has 1 aliphatic heterocycles. The third kappa shape index (κ3) is 3.87. The third-order valence-corrected chi connectivity index (χ3v) is 5.83. The summed E-state index contributed by atoms with van der Waals surface area (Å²) in [6.07, 6.45) is 0. The van der Waals surface area contributed by atoms with E-state index in [2.05, 4.69) is 34.3 Å². The van der Waals surface area contributed by atoms with Crippen LogP contribution in [0.2, 0.25) is 0 Å². The highest BCUT2D eigenvalue weighted by molar-refractivity contribution is 5.94. The fourth-order valence-electron chi connectivity index (χ4n) is 4.04. The number of aryl methyl sites for hydroxylation is 1. The molecule has 0 fully saturated rings. The van der Waals surface area contributed by atoms with Crippen molar-refractivity contribution in [2.75, 3.05) is 25.0 Å². The Kier molecular flexibility index (Phi) is 5.19. The molecule has 0 saturated carbocycles. The molecule has 4 aromatic rings. The zero-order valence-corrected chi connectivity index (χ0v) is 18.2. The molecule has 0 unspecified atom stereocenters. The van der Waals surface area contributed by atoms with Crippen molar-refractivity contribution in [3.63, 3.8) is 0 Å². The summed E-state index contributed by atoms with van der Waals surface area (Å²) in [4.78, 5) is 17.3. The van der Waals surface area contributed by atoms with Gasteiger partial charge in [0.1, 0.15) is 0 Å². The summed E-state index contributed by atoms with van der Waals surface area (Å²) in [6, 6.07) is 23.6. The van der Waals surface area contributed by atoms with Gasteiger partial charge in [-0.2, -0.15) is 0 Å². The Morgan fingerprint density at radius 1 is 0.875 bits per heavy atom. The van der Waals surface area contributed by atoms with E-state index in [1.807, 2.05) is 72.5 Å². The molecule has 32 heavy (non-hydrogen) atoms. The first kappa shape index (κ1) is 20.0. The monoisotopic (exact) mass is 424 g/mol. The van der Waals surface area contributed by atoms with Crippen LogP contribution in [0.15, 0.2) is 77.2 Å². The van der Waals surface area contributed by atoms with Gasteiger partial charge in [-0.25, -0.2) is 0 Å². The minimum atomic E-state index is 0.0210. The zero-order chi connectivity index (χ0) is 22.1. The normalized spacial score (nSPS) is 13.6. The molecular weight excluding hydrogens is 400 g/mol. The number of hydrogen-bond acceptors (Lipinski definition) is 5. The number of anilines is 1. The van der Waals surface area contributed by atoms with Crippen molar-refractivity contribution in [3.05, 3.63) is 89.5 Å². The van der Waals surface area contributed by atoms with Gasteiger partial charge >= 0.3 is 0 Å². The Balaban J connectivity index is 1.34. The molecule has 5 rings (SSSR count). The van der Waals surface area contributed by atoms with Gasteiger partial charge in [0, 0.05) is 49.1 Å². The number of nitrogens with zero attached hydrogens (tertiary/aromatic N) is 4. The Morgan fingerprint density at radius 3 is 2.41 bits per heavy atom. The van der Waals surface area contributed by atoms with Gasteiger partial charge in [0.2, 0.25) is 11.8 Å². The summed E-state index contributed by atoms with van der Waals surface area (Å²) in [5, 5.41) is 8.36. The first-order valence-electron chi connectivity index (χ1n) is 10.7. The molecule has 3 aromatic carbocycles. The zero-order valence-electron chi connectivity index (χ0n) is 18.2. The molecule has 0 bridgehead atoms. The van der Waals surface area contributed by atoms with Crippen LogP contribution >= 0.6 is 0 Å². The van der Waals surface area contributed by atoms with Gasteiger partial charge in [0.15, 0.2) is 0 Å². The Labute approximate surface area is 187 Å². The van der Waals surface area contributed by atoms with Crippen molar-refractivity contribution in [3.8, 4) is 22.9 Å². The van der Waals surface area contributed by atoms with E-state index in [0.29, 0.717) is 30.4 Å². The van der Waals surface area contributed by atoms with Crippen LogP contribution in [-0.4, -0.2) is 41.1 Å². The van der Waals surface area contributed by atoms with Crippen molar-refractivity contribution in [1.29, 1.82) is 0 Å². The maximum absolute atomic E-state index is 13.2. The smallest absolute Gasteiger partial charge is 0.254 e. The molecule has 0 aliphatic carbocycles. The minimum absolute atomic E-state index is 0.0210. The molecule has 2 heterocycles. The lowest BCUT2D eigenvalue weighted by molar-refractivity contribution is 0.0752. The summed E-state index contributed by atoms with van der Waals surface area (Å²) in [5.74, 6) is 0.940. The number of rotatable bonds is 3. The minimum Gasteiger partial charge on any atom is -0.416 e. The van der Waals surface area contributed by atoms with Gasteiger partial charge in [0.05, 0.1) is 0 Å². The van der Waals surface area contributed by atoms with E-state index in [1.54, 1.807) is 0 Å². The van der Waals surface area contributed by atoms with Gasteiger partial charge < -0.3 is 14.2 Å². The maximum atomic E-state index is 13.2. The Bertz CT molecular complexity index is 1260. The van der Waals surface area contributed by atoms with Gasteiger partial charge in [-0.3, -0.25) is 4.79 Å². The summed E-state index contributed by atoms with van der Waals surface area (Å²) in [7, 11) is 2.07. The Hall–Kier alpha value is -3.93. The number of amides is 1. The van der Waals surface area contributed by atoms with Crippen LogP contribution in [0.1, 0.15) is 21.5 Å². The fourth-order valence-corrected chi connectivity index (χ4v) is 4.04. The highest BCUT2D eigenvalue weighted by atomic mass is 16.4. The van der Waals surface area contributed by atoms with Crippen LogP contribution < -0.4 is 4.90 Å². The van der Waals surface area contributed by atoms with E-state index in [9.17, 15) is 4.79 Å². The third-order valence-electron chi connectivity index (χ3n) is 5.83. The van der Waals surface area contributed by atoms with Crippen LogP contribution in [0, 0.1) is 6.92 Å². The lowest BCUT2D eigenvalue weighted by Crippen LogP contribution is -2.34. The van der Waals surface area contributed by atoms with Crippen LogP contribution in [0.3, 0.4) is 0 Å². The summed E-state index contributed by atoms with van der Waals surface area (Å²) < 4.78 is 5.87. The van der Waals surface area contributed by atoms with Gasteiger partial charge in [-0.15, -0.1) is 10.2 Å². The number of para-hydroxylation sites is 1. The number of carbonyl (C=O) groups is 1. The number of likely N-dealkylation sites (N-methyl/N-ethyl adjacent to an activating group) is 1. The van der Waals surface area contributed by atoms with E-state index in [4.69, 9.17) is 4.42 Å². The largest absolute Gasteiger partial charge is 0.416 e. The molecule has 0 spiro atoms. The average molecular weight is 425 g/mol. The van der Waals surface area contributed by atoms with Crippen molar-refractivity contribution >= 4 is 11.6 Å². The molecule has 1 aromatic heterocycles. The molecule has 0 radical (unpaired) electrons. The topological polar surface area (TPSA) is 62.5 Å². The predicted molar refractivity (Wildman–Crippen MR) is 124 cm³/mol. The predicted octanol–water partition coefficient (Wildman–Crippen LogP) is 4.80. The van der Waals surface area contributed by atoms with Crippen molar-refractivity contribution in [2.45, 2.75) is 13.5 Å². The number of aromatic nitrogens is 2. The first-order valence-corrected chi connectivity index (χ1v) is 10.7. The van der Waals surface area contributed by atoms with Crippen LogP contribution in [0.4, 0.5) is 5.69 Å². The van der Waals surface area contributed by atoms with Crippen molar-refractivity contribution < 1.29 is 9.21 Å². The maximum Gasteiger partial charge on any atom is 0.254 e. The summed E-state index contributed by atoms with van der Waals surface area (Å²) in [5.41, 5.74) is 5.79. The molecule has 1 aliphatic rings. The average Bonchev–Trinajstić information content (AvgIpc) is 3.25. The van der Waals surface area contributed by atoms with Gasteiger partial charge in [0.25, 0.3) is 5.91 Å². The molecule has 0 atom stereocenters. The molecule has 1 amide bonds. The standard InChI is InChI=1S/C26H24N4O2/c1-18-6-5-8-21(16-18)25-28-27-24(32-25)19-10-12-20(13-11-19)26(31)30-15-14-29(2)23-9-4-3-7-22(23)17-30/h3-13,16H,14-15,17H2,1-2H3. The lowest BCUT2D eigenvalue weighted by atomic mass is 10.1. The van der Waals surface area contributed by atoms with Gasteiger partial charge in [-0.1, -0.05) is 35.9 Å². The quantitative estimate of drug-likeness (QED) is 0.473. The van der Waals surface area contributed by atoms with E-state index in [1.165, 1.54) is 5.69 Å². The van der Waals surface area contributed by atoms with Gasteiger partial charge in [-0.05, 0) is 55.0 Å². The van der Waals surface area contributed by atoms with Crippen molar-refractivity contribution in [1.82, 2.24) is 15.1 Å². The van der Waals surface area contributed by atoms with Crippen LogP contribution in [0.25, 0.3) is 22.9 Å². The van der Waals surface area contributed by atoms with E-state index < -0.39 is 0 Å². The second-order valence-electron chi connectivity index (χ2n) is 8.14. The van der Waals surface area contributed by atoms with E-state index in [-0.39, 0.29) is 5.91 Å². The second-order valence-corrected chi connectivity index (χ2v) is 8.14. The molecular formula is C26H24N4O2. The highest BCUT2D eigenvalue weighted by Crippen LogP contribution is 2.27. The van der Waals surface area contributed by atoms with E-state index >= 15 is 0 Å². The summed E-state index contributed by atoms with van der Waals surface area (Å²) in [6.45, 7) is 4.10. The molecule has 160 valence electrons. The molecule has 6 nitrogen and oxygen atoms in total. The van der Waals surface area contributed by atoms with E-state index in [0.717, 1.165) is 28.8 Å². The molecule has 0 saturated heterocycles. The molecule has 6 heteroatoms. The van der Waals surface area contributed by atoms with Crippen LogP contribution in [-0.2, 0) is 6.54 Å². The highest BCUT2D eigenvalue weighted by Gasteiger charge is 2.22. The number of benzene rings is 3. The second kappa shape index (κ2) is 8.30. The fraction of sp³-hybridized carbons (Fsp3) is 0.192. The SMILES string of the molecule is Cc1cccc(-c2nnc(-c3ccc(C(=O)N4CCN(C)c5ccccc5C4)cc3)o2)c1. The summed E-state index contributed by atoms with van der Waals surface area (Å²) >= 11 is 0.